The maximum Gasteiger partial charge on any atom is 0.160 e. The summed E-state index contributed by atoms with van der Waals surface area (Å²) in [6.07, 6.45) is 13.2. The highest BCUT2D eigenvalue weighted by molar-refractivity contribution is 7.17. The lowest BCUT2D eigenvalue weighted by atomic mass is 10.1. The summed E-state index contributed by atoms with van der Waals surface area (Å²) in [5.41, 5.74) is 0. The first-order valence-corrected chi connectivity index (χ1v) is 8.08. The van der Waals surface area contributed by atoms with E-state index in [0.717, 1.165) is 29.1 Å². The van der Waals surface area contributed by atoms with E-state index in [0.29, 0.717) is 0 Å². The van der Waals surface area contributed by atoms with Crippen molar-refractivity contribution in [3.63, 3.8) is 0 Å². The summed E-state index contributed by atoms with van der Waals surface area (Å²) < 4.78 is 0. The third-order valence-corrected chi connectivity index (χ3v) is 4.10. The van der Waals surface area contributed by atoms with Gasteiger partial charge in [-0.15, -0.1) is 17.9 Å². The number of allylic oxidation sites excluding steroid dienone is 1. The molecule has 0 atom stereocenters. The molecule has 0 spiro atoms. The predicted molar refractivity (Wildman–Crippen MR) is 85.3 cm³/mol. The zero-order valence-electron chi connectivity index (χ0n) is 11.7. The molecule has 1 aromatic rings. The Labute approximate surface area is 120 Å². The molecular formula is C16H25NOS. The number of unbranched alkanes of at least 4 members (excludes halogenated alkanes) is 7. The number of hydrogen-bond acceptors (Lipinski definition) is 3. The molecule has 19 heavy (non-hydrogen) atoms. The number of hydrogen-bond donors (Lipinski definition) is 1. The van der Waals surface area contributed by atoms with Gasteiger partial charge >= 0.3 is 0 Å². The third kappa shape index (κ3) is 7.83. The average Bonchev–Trinajstić information content (AvgIpc) is 2.89. The van der Waals surface area contributed by atoms with Crippen LogP contribution >= 0.6 is 11.3 Å². The van der Waals surface area contributed by atoms with Gasteiger partial charge in [0.05, 0.1) is 9.88 Å². The molecule has 2 nitrogen and oxygen atoms in total. The van der Waals surface area contributed by atoms with Crippen LogP contribution in [0.15, 0.2) is 24.8 Å². The average molecular weight is 279 g/mol. The van der Waals surface area contributed by atoms with Gasteiger partial charge in [-0.2, -0.15) is 0 Å². The second kappa shape index (κ2) is 10.8. The quantitative estimate of drug-likeness (QED) is 0.320. The Morgan fingerprint density at radius 2 is 1.74 bits per heavy atom. The van der Waals surface area contributed by atoms with Crippen molar-refractivity contribution in [3.05, 3.63) is 29.7 Å². The predicted octanol–water partition coefficient (Wildman–Crippen LogP) is 5.28. The maximum atomic E-state index is 10.5. The van der Waals surface area contributed by atoms with Crippen LogP contribution in [0.2, 0.25) is 0 Å². The van der Waals surface area contributed by atoms with Crippen molar-refractivity contribution in [3.8, 4) is 0 Å². The minimum absolute atomic E-state index is 0.794. The van der Waals surface area contributed by atoms with E-state index in [1.54, 1.807) is 0 Å². The first-order valence-electron chi connectivity index (χ1n) is 7.26. The molecule has 0 aliphatic carbocycles. The van der Waals surface area contributed by atoms with Crippen molar-refractivity contribution in [2.75, 3.05) is 11.9 Å². The minimum atomic E-state index is 0.794. The molecule has 1 rings (SSSR count). The van der Waals surface area contributed by atoms with Crippen LogP contribution in [0.5, 0.6) is 0 Å². The Morgan fingerprint density at radius 1 is 1.05 bits per heavy atom. The van der Waals surface area contributed by atoms with Gasteiger partial charge in [0.25, 0.3) is 0 Å². The Hall–Kier alpha value is -1.09. The molecule has 0 aromatic carbocycles. The molecule has 0 amide bonds. The van der Waals surface area contributed by atoms with Crippen LogP contribution in [0.1, 0.15) is 61.0 Å². The van der Waals surface area contributed by atoms with Gasteiger partial charge in [-0.3, -0.25) is 4.79 Å². The van der Waals surface area contributed by atoms with E-state index in [1.165, 1.54) is 56.3 Å². The molecule has 0 aliphatic heterocycles. The monoisotopic (exact) mass is 279 g/mol. The van der Waals surface area contributed by atoms with Crippen LogP contribution in [0, 0.1) is 0 Å². The van der Waals surface area contributed by atoms with Gasteiger partial charge in [0, 0.05) is 6.54 Å². The van der Waals surface area contributed by atoms with Gasteiger partial charge in [-0.1, -0.05) is 38.2 Å². The molecule has 0 bridgehead atoms. The summed E-state index contributed by atoms with van der Waals surface area (Å²) in [6.45, 7) is 4.74. The lowest BCUT2D eigenvalue weighted by Gasteiger charge is -2.03. The molecule has 0 aliphatic rings. The Kier molecular flexibility index (Phi) is 9.07. The summed E-state index contributed by atoms with van der Waals surface area (Å²) in [5.74, 6) is 0. The molecule has 1 N–H and O–H groups in total. The van der Waals surface area contributed by atoms with E-state index >= 15 is 0 Å². The maximum absolute atomic E-state index is 10.5. The first kappa shape index (κ1) is 16.0. The van der Waals surface area contributed by atoms with E-state index in [2.05, 4.69) is 11.9 Å². The molecule has 3 heteroatoms. The Bertz CT molecular complexity index is 359. The fourth-order valence-corrected chi connectivity index (χ4v) is 2.77. The van der Waals surface area contributed by atoms with Gasteiger partial charge < -0.3 is 5.32 Å². The lowest BCUT2D eigenvalue weighted by Crippen LogP contribution is -1.99. The number of rotatable bonds is 12. The summed E-state index contributed by atoms with van der Waals surface area (Å²) in [6, 6.07) is 3.84. The van der Waals surface area contributed by atoms with Crippen molar-refractivity contribution < 1.29 is 4.79 Å². The molecule has 0 fully saturated rings. The van der Waals surface area contributed by atoms with Crippen molar-refractivity contribution in [1.29, 1.82) is 0 Å². The largest absolute Gasteiger partial charge is 0.377 e. The normalized spacial score (nSPS) is 10.3. The summed E-state index contributed by atoms with van der Waals surface area (Å²) in [5, 5.41) is 4.47. The zero-order chi connectivity index (χ0) is 13.8. The number of carbonyl (C=O) groups excluding carboxylic acids is 1. The van der Waals surface area contributed by atoms with Gasteiger partial charge in [0.1, 0.15) is 0 Å². The van der Waals surface area contributed by atoms with Gasteiger partial charge in [-0.05, 0) is 31.4 Å². The van der Waals surface area contributed by atoms with Crippen molar-refractivity contribution in [1.82, 2.24) is 0 Å². The Morgan fingerprint density at radius 3 is 2.37 bits per heavy atom. The van der Waals surface area contributed by atoms with Crippen LogP contribution in [0.25, 0.3) is 0 Å². The van der Waals surface area contributed by atoms with E-state index in [4.69, 9.17) is 0 Å². The number of aldehydes is 1. The summed E-state index contributed by atoms with van der Waals surface area (Å²) in [4.78, 5) is 11.3. The van der Waals surface area contributed by atoms with E-state index < -0.39 is 0 Å². The highest BCUT2D eigenvalue weighted by atomic mass is 32.1. The van der Waals surface area contributed by atoms with Crippen LogP contribution in [-0.2, 0) is 0 Å². The second-order valence-electron chi connectivity index (χ2n) is 4.80. The highest BCUT2D eigenvalue weighted by Gasteiger charge is 1.97. The minimum Gasteiger partial charge on any atom is -0.377 e. The van der Waals surface area contributed by atoms with Crippen LogP contribution in [0.3, 0.4) is 0 Å². The van der Waals surface area contributed by atoms with Crippen LogP contribution < -0.4 is 5.32 Å². The molecule has 0 saturated heterocycles. The zero-order valence-corrected chi connectivity index (χ0v) is 12.5. The van der Waals surface area contributed by atoms with Crippen molar-refractivity contribution in [2.45, 2.75) is 51.4 Å². The van der Waals surface area contributed by atoms with Crippen LogP contribution in [0.4, 0.5) is 5.00 Å². The number of thiophene rings is 1. The van der Waals surface area contributed by atoms with Gasteiger partial charge in [0.15, 0.2) is 6.29 Å². The SMILES string of the molecule is C=CCCCCCCCCCNc1ccc(C=O)s1. The Balaban J connectivity index is 1.88. The fraction of sp³-hybridized carbons (Fsp3) is 0.562. The smallest absolute Gasteiger partial charge is 0.160 e. The number of nitrogens with one attached hydrogen (secondary N) is 1. The van der Waals surface area contributed by atoms with E-state index in [-0.39, 0.29) is 0 Å². The van der Waals surface area contributed by atoms with Gasteiger partial charge in [-0.25, -0.2) is 0 Å². The van der Waals surface area contributed by atoms with Crippen LogP contribution in [-0.4, -0.2) is 12.8 Å². The van der Waals surface area contributed by atoms with Crippen molar-refractivity contribution in [2.24, 2.45) is 0 Å². The summed E-state index contributed by atoms with van der Waals surface area (Å²) in [7, 11) is 0. The molecule has 0 saturated carbocycles. The molecule has 0 unspecified atom stereocenters. The molecule has 1 heterocycles. The molecular weight excluding hydrogens is 254 g/mol. The van der Waals surface area contributed by atoms with Crippen molar-refractivity contribution >= 4 is 22.6 Å². The first-order chi connectivity index (χ1) is 9.36. The number of anilines is 1. The van der Waals surface area contributed by atoms with E-state index in [9.17, 15) is 4.79 Å². The molecule has 0 radical (unpaired) electrons. The molecule has 1 aromatic heterocycles. The standard InChI is InChI=1S/C16H25NOS/c1-2-3-4-5-6-7-8-9-10-13-17-16-12-11-15(14-18)19-16/h2,11-12,14,17H,1,3-10,13H2. The second-order valence-corrected chi connectivity index (χ2v) is 5.91. The fourth-order valence-electron chi connectivity index (χ4n) is 2.02. The lowest BCUT2D eigenvalue weighted by molar-refractivity contribution is 0.112. The van der Waals surface area contributed by atoms with E-state index in [1.807, 2.05) is 18.2 Å². The third-order valence-electron chi connectivity index (χ3n) is 3.13. The topological polar surface area (TPSA) is 29.1 Å². The molecule has 106 valence electrons. The number of carbonyl (C=O) groups is 1. The highest BCUT2D eigenvalue weighted by Crippen LogP contribution is 2.20. The summed E-state index contributed by atoms with van der Waals surface area (Å²) >= 11 is 1.53. The van der Waals surface area contributed by atoms with Gasteiger partial charge in [0.2, 0.25) is 0 Å².